The molecule has 0 saturated heterocycles. The van der Waals surface area contributed by atoms with Crippen LogP contribution in [0.5, 0.6) is 11.5 Å². The zero-order chi connectivity index (χ0) is 15.2. The van der Waals surface area contributed by atoms with Crippen LogP contribution in [0.25, 0.3) is 0 Å². The van der Waals surface area contributed by atoms with Crippen LogP contribution < -0.4 is 14.8 Å². The van der Waals surface area contributed by atoms with Crippen molar-refractivity contribution < 1.29 is 9.47 Å². The van der Waals surface area contributed by atoms with E-state index in [0.717, 1.165) is 22.6 Å². The smallest absolute Gasteiger partial charge is 0.125 e. The zero-order valence-corrected chi connectivity index (χ0v) is 13.1. The number of hydrogen-bond acceptors (Lipinski definition) is 3. The van der Waals surface area contributed by atoms with Gasteiger partial charge in [0.25, 0.3) is 0 Å². The predicted molar refractivity (Wildman–Crippen MR) is 86.0 cm³/mol. The average molecular weight is 285 g/mol. The first-order chi connectivity index (χ1) is 10.2. The van der Waals surface area contributed by atoms with E-state index in [9.17, 15) is 0 Å². The van der Waals surface area contributed by atoms with E-state index in [-0.39, 0.29) is 6.04 Å². The molecule has 2 aromatic rings. The van der Waals surface area contributed by atoms with Gasteiger partial charge in [-0.05, 0) is 38.6 Å². The van der Waals surface area contributed by atoms with Gasteiger partial charge in [-0.15, -0.1) is 0 Å². The molecule has 0 fully saturated rings. The lowest BCUT2D eigenvalue weighted by atomic mass is 10.1. The van der Waals surface area contributed by atoms with Crippen LogP contribution in [0.15, 0.2) is 42.5 Å². The first kappa shape index (κ1) is 15.4. The summed E-state index contributed by atoms with van der Waals surface area (Å²) in [4.78, 5) is 0. The van der Waals surface area contributed by atoms with Crippen molar-refractivity contribution in [3.05, 3.63) is 59.2 Å². The lowest BCUT2D eigenvalue weighted by molar-refractivity contribution is 0.291. The van der Waals surface area contributed by atoms with Gasteiger partial charge in [-0.2, -0.15) is 0 Å². The van der Waals surface area contributed by atoms with E-state index in [1.165, 1.54) is 5.56 Å². The van der Waals surface area contributed by atoms with Crippen LogP contribution in [0.1, 0.15) is 29.7 Å². The van der Waals surface area contributed by atoms with Gasteiger partial charge < -0.3 is 14.8 Å². The van der Waals surface area contributed by atoms with Gasteiger partial charge in [0.15, 0.2) is 0 Å². The highest BCUT2D eigenvalue weighted by atomic mass is 16.5. The fourth-order valence-electron chi connectivity index (χ4n) is 2.26. The van der Waals surface area contributed by atoms with Crippen LogP contribution in [0.4, 0.5) is 0 Å². The van der Waals surface area contributed by atoms with Crippen LogP contribution in [0, 0.1) is 6.92 Å². The van der Waals surface area contributed by atoms with E-state index in [2.05, 4.69) is 37.4 Å². The fourth-order valence-corrected chi connectivity index (χ4v) is 2.26. The molecule has 0 aliphatic carbocycles. The second-order valence-electron chi connectivity index (χ2n) is 5.15. The van der Waals surface area contributed by atoms with E-state index in [1.807, 2.05) is 31.3 Å². The van der Waals surface area contributed by atoms with E-state index < -0.39 is 0 Å². The van der Waals surface area contributed by atoms with Gasteiger partial charge in [-0.3, -0.25) is 0 Å². The third kappa shape index (κ3) is 3.76. The molecule has 0 bridgehead atoms. The molecule has 0 saturated carbocycles. The topological polar surface area (TPSA) is 30.5 Å². The van der Waals surface area contributed by atoms with Crippen LogP contribution in [-0.2, 0) is 6.61 Å². The van der Waals surface area contributed by atoms with Crippen molar-refractivity contribution >= 4 is 0 Å². The van der Waals surface area contributed by atoms with Crippen molar-refractivity contribution in [2.45, 2.75) is 26.5 Å². The number of benzene rings is 2. The Balaban J connectivity index is 2.21. The first-order valence-corrected chi connectivity index (χ1v) is 7.18. The summed E-state index contributed by atoms with van der Waals surface area (Å²) in [5, 5.41) is 3.26. The van der Waals surface area contributed by atoms with Crippen LogP contribution >= 0.6 is 0 Å². The van der Waals surface area contributed by atoms with Crippen molar-refractivity contribution in [2.75, 3.05) is 14.2 Å². The largest absolute Gasteiger partial charge is 0.496 e. The number of nitrogens with one attached hydrogen (secondary N) is 1. The number of hydrogen-bond donors (Lipinski definition) is 1. The molecule has 2 rings (SSSR count). The Kier molecular flexibility index (Phi) is 5.23. The lowest BCUT2D eigenvalue weighted by Crippen LogP contribution is -2.14. The molecular formula is C18H23NO2. The van der Waals surface area contributed by atoms with Gasteiger partial charge in [-0.1, -0.05) is 30.3 Å². The molecule has 2 aromatic carbocycles. The maximum atomic E-state index is 6.05. The molecule has 0 aliphatic rings. The maximum absolute atomic E-state index is 6.05. The average Bonchev–Trinajstić information content (AvgIpc) is 2.52. The highest BCUT2D eigenvalue weighted by Crippen LogP contribution is 2.28. The monoisotopic (exact) mass is 285 g/mol. The highest BCUT2D eigenvalue weighted by Gasteiger charge is 2.11. The van der Waals surface area contributed by atoms with Gasteiger partial charge in [0.1, 0.15) is 18.1 Å². The molecule has 1 unspecified atom stereocenters. The first-order valence-electron chi connectivity index (χ1n) is 7.18. The molecule has 3 heteroatoms. The Morgan fingerprint density at radius 3 is 2.57 bits per heavy atom. The second kappa shape index (κ2) is 7.14. The molecule has 3 nitrogen and oxygen atoms in total. The van der Waals surface area contributed by atoms with Crippen molar-refractivity contribution in [2.24, 2.45) is 0 Å². The van der Waals surface area contributed by atoms with Gasteiger partial charge in [0, 0.05) is 17.2 Å². The minimum atomic E-state index is 0.248. The summed E-state index contributed by atoms with van der Waals surface area (Å²) < 4.78 is 11.4. The maximum Gasteiger partial charge on any atom is 0.125 e. The molecule has 0 spiro atoms. The van der Waals surface area contributed by atoms with Crippen molar-refractivity contribution in [3.8, 4) is 11.5 Å². The normalized spacial score (nSPS) is 12.0. The zero-order valence-electron chi connectivity index (χ0n) is 13.1. The van der Waals surface area contributed by atoms with Gasteiger partial charge in [0.05, 0.1) is 7.11 Å². The van der Waals surface area contributed by atoms with E-state index in [1.54, 1.807) is 7.11 Å². The lowest BCUT2D eigenvalue weighted by Gasteiger charge is -2.18. The Labute approximate surface area is 126 Å². The van der Waals surface area contributed by atoms with Crippen molar-refractivity contribution in [1.82, 2.24) is 5.32 Å². The summed E-state index contributed by atoms with van der Waals surface area (Å²) in [6.07, 6.45) is 0. The van der Waals surface area contributed by atoms with Crippen LogP contribution in [-0.4, -0.2) is 14.2 Å². The molecule has 0 amide bonds. The summed E-state index contributed by atoms with van der Waals surface area (Å²) in [5.41, 5.74) is 3.40. The summed E-state index contributed by atoms with van der Waals surface area (Å²) in [6.45, 7) is 4.70. The molecular weight excluding hydrogens is 262 g/mol. The molecule has 1 atom stereocenters. The van der Waals surface area contributed by atoms with Gasteiger partial charge in [0.2, 0.25) is 0 Å². The van der Waals surface area contributed by atoms with Gasteiger partial charge >= 0.3 is 0 Å². The number of rotatable bonds is 6. The summed E-state index contributed by atoms with van der Waals surface area (Å²) >= 11 is 0. The minimum absolute atomic E-state index is 0.248. The molecule has 1 N–H and O–H groups in total. The van der Waals surface area contributed by atoms with Crippen molar-refractivity contribution in [3.63, 3.8) is 0 Å². The molecule has 0 radical (unpaired) electrons. The minimum Gasteiger partial charge on any atom is -0.496 e. The predicted octanol–water partition coefficient (Wildman–Crippen LogP) is 3.86. The number of para-hydroxylation sites is 1. The van der Waals surface area contributed by atoms with E-state index in [4.69, 9.17) is 9.47 Å². The Morgan fingerprint density at radius 2 is 1.86 bits per heavy atom. The number of ether oxygens (including phenoxy) is 2. The van der Waals surface area contributed by atoms with Gasteiger partial charge in [-0.25, -0.2) is 0 Å². The van der Waals surface area contributed by atoms with E-state index in [0.29, 0.717) is 6.61 Å². The SMILES string of the molecule is CNC(C)c1ccc(C)cc1OCc1ccccc1OC. The molecule has 0 aromatic heterocycles. The van der Waals surface area contributed by atoms with E-state index >= 15 is 0 Å². The number of aryl methyl sites for hydroxylation is 1. The molecule has 0 aliphatic heterocycles. The third-order valence-corrected chi connectivity index (χ3v) is 3.64. The highest BCUT2D eigenvalue weighted by molar-refractivity contribution is 5.40. The Hall–Kier alpha value is -2.00. The standard InChI is InChI=1S/C18H23NO2/c1-13-9-10-16(14(2)19-3)18(11-13)21-12-15-7-5-6-8-17(15)20-4/h5-11,14,19H,12H2,1-4H3. The summed E-state index contributed by atoms with van der Waals surface area (Å²) in [7, 11) is 3.63. The third-order valence-electron chi connectivity index (χ3n) is 3.64. The summed E-state index contributed by atoms with van der Waals surface area (Å²) in [6, 6.07) is 14.5. The van der Waals surface area contributed by atoms with Crippen molar-refractivity contribution in [1.29, 1.82) is 0 Å². The molecule has 0 heterocycles. The fraction of sp³-hybridized carbons (Fsp3) is 0.333. The number of methoxy groups -OCH3 is 1. The summed E-state index contributed by atoms with van der Waals surface area (Å²) in [5.74, 6) is 1.77. The van der Waals surface area contributed by atoms with Crippen LogP contribution in [0.2, 0.25) is 0 Å². The quantitative estimate of drug-likeness (QED) is 0.874. The molecule has 112 valence electrons. The molecule has 21 heavy (non-hydrogen) atoms. The van der Waals surface area contributed by atoms with Crippen LogP contribution in [0.3, 0.4) is 0 Å². The Bertz CT molecular complexity index is 596. The second-order valence-corrected chi connectivity index (χ2v) is 5.15. The Morgan fingerprint density at radius 1 is 1.10 bits per heavy atom.